The van der Waals surface area contributed by atoms with Crippen LogP contribution in [0.4, 0.5) is 25.0 Å². The van der Waals surface area contributed by atoms with Crippen molar-refractivity contribution < 1.29 is 23.1 Å². The van der Waals surface area contributed by atoms with Crippen molar-refractivity contribution in [2.24, 2.45) is 0 Å². The first-order chi connectivity index (χ1) is 11.0. The molecule has 0 aromatic heterocycles. The van der Waals surface area contributed by atoms with Gasteiger partial charge in [0, 0.05) is 23.0 Å². The minimum absolute atomic E-state index is 0.0150. The highest BCUT2D eigenvalue weighted by Gasteiger charge is 2.09. The molecule has 0 aliphatic carbocycles. The number of benzene rings is 2. The number of halogens is 2. The first-order valence-corrected chi connectivity index (χ1v) is 6.79. The fraction of sp³-hybridized carbons (Fsp3) is 0.125. The van der Waals surface area contributed by atoms with Gasteiger partial charge in [-0.15, -0.1) is 0 Å². The molecule has 0 atom stereocenters. The van der Waals surface area contributed by atoms with Crippen molar-refractivity contribution in [1.82, 2.24) is 0 Å². The Kier molecular flexibility index (Phi) is 5.24. The molecule has 2 rings (SSSR count). The lowest BCUT2D eigenvalue weighted by molar-refractivity contribution is 0.102. The Hall–Kier alpha value is -2.96. The number of hydrogen-bond acceptors (Lipinski definition) is 3. The molecular formula is C16H14F2N2O3. The molecule has 2 aromatic carbocycles. The standard InChI is InChI=1S/C16H14F2N2O3/c1-2-23-16(22)20-13-5-3-10(4-6-13)15(21)19-14-8-11(17)7-12(18)9-14/h3-9H,2H2,1H3,(H,19,21)(H,20,22). The van der Waals surface area contributed by atoms with Crippen molar-refractivity contribution in [2.75, 3.05) is 17.2 Å². The van der Waals surface area contributed by atoms with Gasteiger partial charge in [0.25, 0.3) is 5.91 Å². The third-order valence-electron chi connectivity index (χ3n) is 2.79. The van der Waals surface area contributed by atoms with Gasteiger partial charge in [0.15, 0.2) is 0 Å². The Balaban J connectivity index is 2.03. The SMILES string of the molecule is CCOC(=O)Nc1ccc(C(=O)Nc2cc(F)cc(F)c2)cc1. The zero-order valence-corrected chi connectivity index (χ0v) is 12.2. The summed E-state index contributed by atoms with van der Waals surface area (Å²) in [5.41, 5.74) is 0.738. The number of anilines is 2. The second-order valence-electron chi connectivity index (χ2n) is 4.54. The van der Waals surface area contributed by atoms with Crippen LogP contribution >= 0.6 is 0 Å². The Labute approximate surface area is 131 Å². The second kappa shape index (κ2) is 7.35. The highest BCUT2D eigenvalue weighted by Crippen LogP contribution is 2.15. The maximum atomic E-state index is 13.1. The predicted octanol–water partition coefficient (Wildman–Crippen LogP) is 3.79. The van der Waals surface area contributed by atoms with Gasteiger partial charge in [-0.3, -0.25) is 10.1 Å². The molecule has 2 aromatic rings. The smallest absolute Gasteiger partial charge is 0.411 e. The van der Waals surface area contributed by atoms with Crippen LogP contribution in [0.15, 0.2) is 42.5 Å². The number of ether oxygens (including phenoxy) is 1. The van der Waals surface area contributed by atoms with Crippen LogP contribution in [0, 0.1) is 11.6 Å². The third-order valence-corrected chi connectivity index (χ3v) is 2.79. The molecule has 2 amide bonds. The lowest BCUT2D eigenvalue weighted by Gasteiger charge is -2.08. The zero-order valence-electron chi connectivity index (χ0n) is 12.2. The average molecular weight is 320 g/mol. The van der Waals surface area contributed by atoms with Gasteiger partial charge in [-0.1, -0.05) is 0 Å². The van der Waals surface area contributed by atoms with Crippen molar-refractivity contribution >= 4 is 23.4 Å². The van der Waals surface area contributed by atoms with Crippen LogP contribution in [0.5, 0.6) is 0 Å². The largest absolute Gasteiger partial charge is 0.450 e. The summed E-state index contributed by atoms with van der Waals surface area (Å²) in [7, 11) is 0. The lowest BCUT2D eigenvalue weighted by Crippen LogP contribution is -2.14. The fourth-order valence-corrected chi connectivity index (χ4v) is 1.82. The Morgan fingerprint density at radius 3 is 2.13 bits per heavy atom. The molecule has 0 fully saturated rings. The quantitative estimate of drug-likeness (QED) is 0.901. The minimum Gasteiger partial charge on any atom is -0.450 e. The van der Waals surface area contributed by atoms with E-state index in [-0.39, 0.29) is 17.9 Å². The van der Waals surface area contributed by atoms with Gasteiger partial charge in [0.2, 0.25) is 0 Å². The van der Waals surface area contributed by atoms with Gasteiger partial charge in [0.05, 0.1) is 6.61 Å². The van der Waals surface area contributed by atoms with Crippen molar-refractivity contribution in [3.05, 3.63) is 59.7 Å². The van der Waals surface area contributed by atoms with E-state index < -0.39 is 23.6 Å². The average Bonchev–Trinajstić information content (AvgIpc) is 2.47. The number of rotatable bonds is 4. The Morgan fingerprint density at radius 1 is 0.957 bits per heavy atom. The highest BCUT2D eigenvalue weighted by molar-refractivity contribution is 6.04. The maximum Gasteiger partial charge on any atom is 0.411 e. The molecule has 0 radical (unpaired) electrons. The molecular weight excluding hydrogens is 306 g/mol. The summed E-state index contributed by atoms with van der Waals surface area (Å²) in [6.07, 6.45) is -0.597. The van der Waals surface area contributed by atoms with Crippen molar-refractivity contribution in [1.29, 1.82) is 0 Å². The van der Waals surface area contributed by atoms with Crippen LogP contribution in [-0.2, 0) is 4.74 Å². The first kappa shape index (κ1) is 16.4. The summed E-state index contributed by atoms with van der Waals surface area (Å²) in [5.74, 6) is -2.10. The molecule has 0 aliphatic heterocycles. The second-order valence-corrected chi connectivity index (χ2v) is 4.54. The van der Waals surface area contributed by atoms with Crippen LogP contribution in [0.1, 0.15) is 17.3 Å². The molecule has 0 saturated carbocycles. The van der Waals surface area contributed by atoms with Crippen LogP contribution in [0.3, 0.4) is 0 Å². The van der Waals surface area contributed by atoms with Gasteiger partial charge in [-0.25, -0.2) is 13.6 Å². The summed E-state index contributed by atoms with van der Waals surface area (Å²) in [6, 6.07) is 8.69. The molecule has 5 nitrogen and oxygen atoms in total. The van der Waals surface area contributed by atoms with Gasteiger partial charge in [-0.2, -0.15) is 0 Å². The van der Waals surface area contributed by atoms with Crippen LogP contribution in [0.2, 0.25) is 0 Å². The van der Waals surface area contributed by atoms with Crippen molar-refractivity contribution in [2.45, 2.75) is 6.92 Å². The van der Waals surface area contributed by atoms with E-state index in [0.29, 0.717) is 11.8 Å². The third kappa shape index (κ3) is 4.77. The maximum absolute atomic E-state index is 13.1. The van der Waals surface area contributed by atoms with Crippen molar-refractivity contribution in [3.8, 4) is 0 Å². The van der Waals surface area contributed by atoms with E-state index in [1.165, 1.54) is 24.3 Å². The van der Waals surface area contributed by atoms with Crippen molar-refractivity contribution in [3.63, 3.8) is 0 Å². The Morgan fingerprint density at radius 2 is 1.57 bits per heavy atom. The van der Waals surface area contributed by atoms with E-state index in [1.54, 1.807) is 6.92 Å². The van der Waals surface area contributed by atoms with E-state index in [1.807, 2.05) is 0 Å². The summed E-state index contributed by atoms with van der Waals surface area (Å²) >= 11 is 0. The molecule has 120 valence electrons. The molecule has 0 spiro atoms. The van der Waals surface area contributed by atoms with Crippen LogP contribution in [-0.4, -0.2) is 18.6 Å². The predicted molar refractivity (Wildman–Crippen MR) is 81.4 cm³/mol. The first-order valence-electron chi connectivity index (χ1n) is 6.79. The lowest BCUT2D eigenvalue weighted by atomic mass is 10.2. The van der Waals surface area contributed by atoms with Crippen LogP contribution in [0.25, 0.3) is 0 Å². The van der Waals surface area contributed by atoms with E-state index in [9.17, 15) is 18.4 Å². The van der Waals surface area contributed by atoms with Crippen LogP contribution < -0.4 is 10.6 Å². The van der Waals surface area contributed by atoms with E-state index >= 15 is 0 Å². The summed E-state index contributed by atoms with van der Waals surface area (Å²) in [5, 5.41) is 4.87. The summed E-state index contributed by atoms with van der Waals surface area (Å²) in [6.45, 7) is 1.93. The van der Waals surface area contributed by atoms with E-state index in [2.05, 4.69) is 10.6 Å². The summed E-state index contributed by atoms with van der Waals surface area (Å²) in [4.78, 5) is 23.3. The van der Waals surface area contributed by atoms with E-state index in [0.717, 1.165) is 12.1 Å². The number of nitrogens with one attached hydrogen (secondary N) is 2. The highest BCUT2D eigenvalue weighted by atomic mass is 19.1. The molecule has 23 heavy (non-hydrogen) atoms. The zero-order chi connectivity index (χ0) is 16.8. The van der Waals surface area contributed by atoms with Gasteiger partial charge < -0.3 is 10.1 Å². The number of amides is 2. The normalized spacial score (nSPS) is 10.0. The number of carbonyl (C=O) groups excluding carboxylic acids is 2. The Bertz CT molecular complexity index is 698. The van der Waals surface area contributed by atoms with Gasteiger partial charge >= 0.3 is 6.09 Å². The van der Waals surface area contributed by atoms with Gasteiger partial charge in [-0.05, 0) is 43.3 Å². The molecule has 0 unspecified atom stereocenters. The molecule has 0 aliphatic rings. The molecule has 0 heterocycles. The monoisotopic (exact) mass is 320 g/mol. The molecule has 0 saturated heterocycles. The number of hydrogen-bond donors (Lipinski definition) is 2. The van der Waals surface area contributed by atoms with Gasteiger partial charge in [0.1, 0.15) is 11.6 Å². The fourth-order valence-electron chi connectivity index (χ4n) is 1.82. The summed E-state index contributed by atoms with van der Waals surface area (Å²) < 4.78 is 30.9. The minimum atomic E-state index is -0.783. The van der Waals surface area contributed by atoms with E-state index in [4.69, 9.17) is 4.74 Å². The topological polar surface area (TPSA) is 67.4 Å². The molecule has 7 heteroatoms. The molecule has 2 N–H and O–H groups in total. The number of carbonyl (C=O) groups is 2. The molecule has 0 bridgehead atoms.